The Morgan fingerprint density at radius 2 is 2.12 bits per heavy atom. The van der Waals surface area contributed by atoms with Crippen LogP contribution in [0.5, 0.6) is 0 Å². The third-order valence-electron chi connectivity index (χ3n) is 3.61. The van der Waals surface area contributed by atoms with Crippen LogP contribution in [-0.2, 0) is 11.2 Å². The summed E-state index contributed by atoms with van der Waals surface area (Å²) in [4.78, 5) is 16.6. The molecule has 1 heterocycles. The first kappa shape index (κ1) is 11.8. The van der Waals surface area contributed by atoms with Crippen molar-refractivity contribution >= 4 is 17.1 Å². The molecule has 0 atom stereocenters. The van der Waals surface area contributed by atoms with Crippen LogP contribution in [0.2, 0.25) is 0 Å². The van der Waals surface area contributed by atoms with Crippen molar-refractivity contribution in [3.63, 3.8) is 0 Å². The van der Waals surface area contributed by atoms with Crippen LogP contribution in [0, 0.1) is 12.3 Å². The Morgan fingerprint density at radius 3 is 2.69 bits per heavy atom. The van der Waals surface area contributed by atoms with E-state index in [1.807, 2.05) is 12.3 Å². The van der Waals surface area contributed by atoms with Gasteiger partial charge in [0.2, 0.25) is 0 Å². The predicted molar refractivity (Wildman–Crippen MR) is 66.8 cm³/mol. The summed E-state index contributed by atoms with van der Waals surface area (Å²) < 4.78 is 0. The molecule has 0 spiro atoms. The first-order chi connectivity index (χ1) is 7.60. The molecule has 1 aliphatic carbocycles. The molecule has 1 aromatic rings. The van der Waals surface area contributed by atoms with Gasteiger partial charge in [0.15, 0.2) is 0 Å². The van der Waals surface area contributed by atoms with Gasteiger partial charge in [0.05, 0.1) is 6.42 Å². The number of hydrogen-bond donors (Lipinski definition) is 0. The summed E-state index contributed by atoms with van der Waals surface area (Å²) in [7, 11) is 0. The molecule has 0 aromatic carbocycles. The third-order valence-corrected chi connectivity index (χ3v) is 4.58. The van der Waals surface area contributed by atoms with E-state index in [1.54, 1.807) is 11.3 Å². The van der Waals surface area contributed by atoms with Crippen molar-refractivity contribution in [3.05, 3.63) is 16.1 Å². The minimum Gasteiger partial charge on any atom is -0.299 e. The molecule has 16 heavy (non-hydrogen) atoms. The molecule has 2 rings (SSSR count). The van der Waals surface area contributed by atoms with E-state index in [9.17, 15) is 4.79 Å². The van der Waals surface area contributed by atoms with Gasteiger partial charge in [-0.05, 0) is 19.8 Å². The number of aryl methyl sites for hydroxylation is 1. The number of thiazole rings is 1. The second kappa shape index (κ2) is 4.66. The maximum atomic E-state index is 12.3. The zero-order valence-corrected chi connectivity index (χ0v) is 10.9. The molecule has 0 unspecified atom stereocenters. The third kappa shape index (κ3) is 2.51. The van der Waals surface area contributed by atoms with E-state index in [0.29, 0.717) is 12.2 Å². The predicted octanol–water partition coefficient (Wildman–Crippen LogP) is 3.53. The minimum atomic E-state index is -0.0716. The summed E-state index contributed by atoms with van der Waals surface area (Å²) in [6.45, 7) is 4.11. The number of nitrogens with zero attached hydrogens (tertiary/aromatic N) is 1. The fourth-order valence-electron chi connectivity index (χ4n) is 2.45. The topological polar surface area (TPSA) is 30.0 Å². The van der Waals surface area contributed by atoms with Crippen molar-refractivity contribution in [2.24, 2.45) is 5.41 Å². The zero-order chi connectivity index (χ0) is 11.6. The number of rotatable bonds is 3. The van der Waals surface area contributed by atoms with Crippen molar-refractivity contribution in [2.75, 3.05) is 0 Å². The molecule has 1 saturated carbocycles. The quantitative estimate of drug-likeness (QED) is 0.805. The summed E-state index contributed by atoms with van der Waals surface area (Å²) in [6.07, 6.45) is 6.37. The highest BCUT2D eigenvalue weighted by molar-refractivity contribution is 7.09. The van der Waals surface area contributed by atoms with Gasteiger partial charge < -0.3 is 0 Å². The molecule has 0 saturated heterocycles. The van der Waals surface area contributed by atoms with Gasteiger partial charge >= 0.3 is 0 Å². The molecule has 1 aromatic heterocycles. The van der Waals surface area contributed by atoms with Gasteiger partial charge in [-0.1, -0.05) is 26.2 Å². The molecule has 0 bridgehead atoms. The standard InChI is InChI=1S/C13H19NOS/c1-10-9-16-12(14-10)8-11(15)13(2)6-4-3-5-7-13/h9H,3-8H2,1-2H3. The Kier molecular flexibility index (Phi) is 3.43. The molecule has 2 nitrogen and oxygen atoms in total. The van der Waals surface area contributed by atoms with Crippen molar-refractivity contribution in [1.29, 1.82) is 0 Å². The summed E-state index contributed by atoms with van der Waals surface area (Å²) in [5.74, 6) is 0.390. The molecule has 0 amide bonds. The van der Waals surface area contributed by atoms with E-state index in [4.69, 9.17) is 0 Å². The van der Waals surface area contributed by atoms with Crippen molar-refractivity contribution in [2.45, 2.75) is 52.4 Å². The number of carbonyl (C=O) groups excluding carboxylic acids is 1. The molecular weight excluding hydrogens is 218 g/mol. The highest BCUT2D eigenvalue weighted by atomic mass is 32.1. The molecule has 0 radical (unpaired) electrons. The lowest BCUT2D eigenvalue weighted by molar-refractivity contribution is -0.128. The molecule has 88 valence electrons. The second-order valence-corrected chi connectivity index (χ2v) is 6.05. The first-order valence-electron chi connectivity index (χ1n) is 6.04. The van der Waals surface area contributed by atoms with Crippen molar-refractivity contribution < 1.29 is 4.79 Å². The molecule has 0 aliphatic heterocycles. The molecule has 0 N–H and O–H groups in total. The lowest BCUT2D eigenvalue weighted by Crippen LogP contribution is -2.31. The van der Waals surface area contributed by atoms with Crippen LogP contribution < -0.4 is 0 Å². The number of aromatic nitrogens is 1. The lowest BCUT2D eigenvalue weighted by Gasteiger charge is -2.31. The maximum Gasteiger partial charge on any atom is 0.145 e. The van der Waals surface area contributed by atoms with E-state index in [-0.39, 0.29) is 5.41 Å². The average Bonchev–Trinajstić information content (AvgIpc) is 2.65. The lowest BCUT2D eigenvalue weighted by atomic mass is 9.72. The van der Waals surface area contributed by atoms with Gasteiger partial charge in [0.1, 0.15) is 10.8 Å². The Hall–Kier alpha value is -0.700. The Labute approximate surface area is 101 Å². The van der Waals surface area contributed by atoms with Crippen LogP contribution in [0.4, 0.5) is 0 Å². The summed E-state index contributed by atoms with van der Waals surface area (Å²) in [6, 6.07) is 0. The van der Waals surface area contributed by atoms with Gasteiger partial charge in [-0.15, -0.1) is 11.3 Å². The van der Waals surface area contributed by atoms with E-state index >= 15 is 0 Å². The van der Waals surface area contributed by atoms with Crippen LogP contribution in [-0.4, -0.2) is 10.8 Å². The SMILES string of the molecule is Cc1csc(CC(=O)C2(C)CCCCC2)n1. The van der Waals surface area contributed by atoms with E-state index in [1.165, 1.54) is 19.3 Å². The second-order valence-electron chi connectivity index (χ2n) is 5.10. The number of hydrogen-bond acceptors (Lipinski definition) is 3. The molecule has 1 fully saturated rings. The van der Waals surface area contributed by atoms with Gasteiger partial charge in [-0.3, -0.25) is 4.79 Å². The molecule has 1 aliphatic rings. The fraction of sp³-hybridized carbons (Fsp3) is 0.692. The summed E-state index contributed by atoms with van der Waals surface area (Å²) >= 11 is 1.61. The zero-order valence-electron chi connectivity index (χ0n) is 10.1. The number of ketones is 1. The van der Waals surface area contributed by atoms with E-state index in [0.717, 1.165) is 23.5 Å². The Bertz CT molecular complexity index is 377. The van der Waals surface area contributed by atoms with Crippen LogP contribution in [0.3, 0.4) is 0 Å². The van der Waals surface area contributed by atoms with Gasteiger partial charge in [0.25, 0.3) is 0 Å². The highest BCUT2D eigenvalue weighted by Gasteiger charge is 2.34. The number of carbonyl (C=O) groups is 1. The normalized spacial score (nSPS) is 19.6. The first-order valence-corrected chi connectivity index (χ1v) is 6.92. The van der Waals surface area contributed by atoms with Gasteiger partial charge in [0, 0.05) is 16.5 Å². The van der Waals surface area contributed by atoms with E-state index in [2.05, 4.69) is 11.9 Å². The monoisotopic (exact) mass is 237 g/mol. The summed E-state index contributed by atoms with van der Waals surface area (Å²) in [5, 5.41) is 3.00. The van der Waals surface area contributed by atoms with Gasteiger partial charge in [-0.25, -0.2) is 4.98 Å². The maximum absolute atomic E-state index is 12.3. The van der Waals surface area contributed by atoms with E-state index < -0.39 is 0 Å². The molecule has 3 heteroatoms. The van der Waals surface area contributed by atoms with Crippen LogP contribution in [0.25, 0.3) is 0 Å². The number of Topliss-reactive ketones (excluding diaryl/α,β-unsaturated/α-hetero) is 1. The van der Waals surface area contributed by atoms with Crippen LogP contribution in [0.1, 0.15) is 49.7 Å². The minimum absolute atomic E-state index is 0.0716. The average molecular weight is 237 g/mol. The van der Waals surface area contributed by atoms with Crippen LogP contribution in [0.15, 0.2) is 5.38 Å². The smallest absolute Gasteiger partial charge is 0.145 e. The highest BCUT2D eigenvalue weighted by Crippen LogP contribution is 2.37. The molecular formula is C13H19NOS. The van der Waals surface area contributed by atoms with Crippen LogP contribution >= 0.6 is 11.3 Å². The van der Waals surface area contributed by atoms with Crippen molar-refractivity contribution in [3.8, 4) is 0 Å². The fourth-order valence-corrected chi connectivity index (χ4v) is 3.22. The van der Waals surface area contributed by atoms with Crippen molar-refractivity contribution in [1.82, 2.24) is 4.98 Å². The Morgan fingerprint density at radius 1 is 1.44 bits per heavy atom. The summed E-state index contributed by atoms with van der Waals surface area (Å²) in [5.41, 5.74) is 0.958. The van der Waals surface area contributed by atoms with Gasteiger partial charge in [-0.2, -0.15) is 0 Å². The Balaban J connectivity index is 2.01. The largest absolute Gasteiger partial charge is 0.299 e.